The van der Waals surface area contributed by atoms with E-state index >= 15 is 0 Å². The predicted molar refractivity (Wildman–Crippen MR) is 48.7 cm³/mol. The summed E-state index contributed by atoms with van der Waals surface area (Å²) in [5.41, 5.74) is 0. The van der Waals surface area contributed by atoms with Crippen LogP contribution in [-0.2, 0) is 4.84 Å². The van der Waals surface area contributed by atoms with E-state index in [9.17, 15) is 4.39 Å². The van der Waals surface area contributed by atoms with E-state index in [1.807, 2.05) is 0 Å². The summed E-state index contributed by atoms with van der Waals surface area (Å²) in [6, 6.07) is 0. The summed E-state index contributed by atoms with van der Waals surface area (Å²) in [7, 11) is 3.10. The Bertz CT molecular complexity index is 223. The number of nitrogens with zero attached hydrogens (tertiary/aromatic N) is 2. The number of hydrogen-bond acceptors (Lipinski definition) is 3. The highest BCUT2D eigenvalue weighted by atomic mass is 79.9. The van der Waals surface area contributed by atoms with Crippen LogP contribution in [0.2, 0.25) is 0 Å². The van der Waals surface area contributed by atoms with E-state index in [0.29, 0.717) is 12.3 Å². The Kier molecular flexibility index (Phi) is 3.22. The molecule has 0 bridgehead atoms. The maximum Gasteiger partial charge on any atom is 0.164 e. The van der Waals surface area contributed by atoms with Gasteiger partial charge in [0.15, 0.2) is 12.0 Å². The van der Waals surface area contributed by atoms with Crippen molar-refractivity contribution < 1.29 is 9.23 Å². The van der Waals surface area contributed by atoms with Crippen molar-refractivity contribution in [1.29, 1.82) is 0 Å². The van der Waals surface area contributed by atoms with E-state index in [1.165, 1.54) is 12.2 Å². The van der Waals surface area contributed by atoms with E-state index in [-0.39, 0.29) is 0 Å². The fourth-order valence-electron chi connectivity index (χ4n) is 0.904. The number of allylic oxidation sites excluding steroid dienone is 1. The van der Waals surface area contributed by atoms with Crippen LogP contribution in [0.15, 0.2) is 15.7 Å². The molecular formula is C7H10BrFN2O. The van der Waals surface area contributed by atoms with E-state index in [1.54, 1.807) is 13.2 Å². The van der Waals surface area contributed by atoms with Crippen LogP contribution in [0.1, 0.15) is 6.42 Å². The lowest BCUT2D eigenvalue weighted by Crippen LogP contribution is -2.34. The number of rotatable bonds is 1. The third kappa shape index (κ3) is 2.04. The molecule has 3 nitrogen and oxygen atoms in total. The quantitative estimate of drug-likeness (QED) is 0.650. The largest absolute Gasteiger partial charge is 0.276 e. The van der Waals surface area contributed by atoms with Crippen molar-refractivity contribution in [1.82, 2.24) is 5.06 Å². The minimum Gasteiger partial charge on any atom is -0.276 e. The topological polar surface area (TPSA) is 24.8 Å². The highest BCUT2D eigenvalue weighted by Gasteiger charge is 2.22. The lowest BCUT2D eigenvalue weighted by molar-refractivity contribution is -0.0475. The molecule has 1 atom stereocenters. The summed E-state index contributed by atoms with van der Waals surface area (Å²) < 4.78 is 14.0. The lowest BCUT2D eigenvalue weighted by Gasteiger charge is -2.22. The van der Waals surface area contributed by atoms with Crippen LogP contribution in [-0.4, -0.2) is 31.2 Å². The zero-order valence-corrected chi connectivity index (χ0v) is 8.51. The average molecular weight is 237 g/mol. The molecule has 0 aliphatic carbocycles. The second-order valence-electron chi connectivity index (χ2n) is 2.41. The fourth-order valence-corrected chi connectivity index (χ4v) is 1.29. The first kappa shape index (κ1) is 9.67. The van der Waals surface area contributed by atoms with Gasteiger partial charge in [-0.25, -0.2) is 14.4 Å². The van der Waals surface area contributed by atoms with Crippen LogP contribution in [0.25, 0.3) is 0 Å². The molecule has 1 rings (SSSR count). The third-order valence-corrected chi connectivity index (χ3v) is 2.12. The van der Waals surface area contributed by atoms with Gasteiger partial charge in [0.2, 0.25) is 0 Å². The number of alkyl halides is 1. The summed E-state index contributed by atoms with van der Waals surface area (Å²) in [6.45, 7) is 0. The van der Waals surface area contributed by atoms with E-state index < -0.39 is 6.17 Å². The Balaban J connectivity index is 2.75. The molecule has 0 aromatic heterocycles. The first-order valence-corrected chi connectivity index (χ1v) is 4.28. The number of amidine groups is 1. The molecule has 1 aliphatic heterocycles. The summed E-state index contributed by atoms with van der Waals surface area (Å²) in [5, 5.41) is 1.32. The van der Waals surface area contributed by atoms with Gasteiger partial charge >= 0.3 is 0 Å². The van der Waals surface area contributed by atoms with Gasteiger partial charge in [0, 0.05) is 24.2 Å². The number of hydrogen-bond donors (Lipinski definition) is 0. The van der Waals surface area contributed by atoms with Gasteiger partial charge in [-0.15, -0.1) is 0 Å². The molecule has 0 fully saturated rings. The van der Waals surface area contributed by atoms with Gasteiger partial charge in [-0.2, -0.15) is 0 Å². The number of hydroxylamine groups is 2. The molecule has 1 aliphatic rings. The zero-order chi connectivity index (χ0) is 9.14. The SMILES string of the molecule is CON(C)C1=NC=C(Br)CC1F. The van der Waals surface area contributed by atoms with Crippen molar-refractivity contribution in [3.8, 4) is 0 Å². The van der Waals surface area contributed by atoms with Crippen molar-refractivity contribution in [2.24, 2.45) is 4.99 Å². The highest BCUT2D eigenvalue weighted by Crippen LogP contribution is 2.21. The van der Waals surface area contributed by atoms with Gasteiger partial charge in [-0.3, -0.25) is 4.84 Å². The predicted octanol–water partition coefficient (Wildman–Crippen LogP) is 1.86. The second-order valence-corrected chi connectivity index (χ2v) is 3.43. The lowest BCUT2D eigenvalue weighted by atomic mass is 10.2. The van der Waals surface area contributed by atoms with Crippen molar-refractivity contribution >= 4 is 21.8 Å². The van der Waals surface area contributed by atoms with Gasteiger partial charge in [0.05, 0.1) is 7.11 Å². The summed E-state index contributed by atoms with van der Waals surface area (Å²) >= 11 is 3.18. The van der Waals surface area contributed by atoms with E-state index in [4.69, 9.17) is 4.84 Å². The molecule has 5 heteroatoms. The molecule has 0 amide bonds. The van der Waals surface area contributed by atoms with Gasteiger partial charge in [0.25, 0.3) is 0 Å². The Morgan fingerprint density at radius 2 is 2.50 bits per heavy atom. The fraction of sp³-hybridized carbons (Fsp3) is 0.571. The van der Waals surface area contributed by atoms with E-state index in [0.717, 1.165) is 4.48 Å². The molecule has 12 heavy (non-hydrogen) atoms. The monoisotopic (exact) mass is 236 g/mol. The number of aliphatic imine (C=N–C) groups is 1. The summed E-state index contributed by atoms with van der Waals surface area (Å²) in [5.74, 6) is 0.306. The molecule has 0 N–H and O–H groups in total. The Morgan fingerprint density at radius 3 is 3.00 bits per heavy atom. The van der Waals surface area contributed by atoms with Crippen LogP contribution in [0.4, 0.5) is 4.39 Å². The minimum atomic E-state index is -1.09. The van der Waals surface area contributed by atoms with Gasteiger partial charge in [-0.1, -0.05) is 15.9 Å². The summed E-state index contributed by atoms with van der Waals surface area (Å²) in [6.07, 6.45) is 0.822. The van der Waals surface area contributed by atoms with Gasteiger partial charge < -0.3 is 0 Å². The first-order valence-electron chi connectivity index (χ1n) is 3.49. The Labute approximate surface area is 79.0 Å². The van der Waals surface area contributed by atoms with Crippen molar-refractivity contribution in [2.45, 2.75) is 12.6 Å². The maximum absolute atomic E-state index is 13.2. The normalized spacial score (nSPS) is 23.2. The average Bonchev–Trinajstić information content (AvgIpc) is 2.03. The van der Waals surface area contributed by atoms with Crippen molar-refractivity contribution in [3.63, 3.8) is 0 Å². The smallest absolute Gasteiger partial charge is 0.164 e. The standard InChI is InChI=1S/C7H10BrFN2O/c1-11(12-2)7-6(9)3-5(8)4-10-7/h4,6H,3H2,1-2H3. The van der Waals surface area contributed by atoms with Crippen LogP contribution >= 0.6 is 15.9 Å². The Morgan fingerprint density at radius 1 is 1.83 bits per heavy atom. The molecule has 0 radical (unpaired) electrons. The highest BCUT2D eigenvalue weighted by molar-refractivity contribution is 9.11. The summed E-state index contributed by atoms with van der Waals surface area (Å²) in [4.78, 5) is 8.71. The number of halogens is 2. The van der Waals surface area contributed by atoms with Crippen LogP contribution in [0.5, 0.6) is 0 Å². The molecule has 0 spiro atoms. The second kappa shape index (κ2) is 4.00. The molecule has 0 aromatic carbocycles. The molecule has 68 valence electrons. The zero-order valence-electron chi connectivity index (χ0n) is 6.92. The van der Waals surface area contributed by atoms with Crippen molar-refractivity contribution in [3.05, 3.63) is 10.7 Å². The molecule has 1 heterocycles. The molecule has 1 unspecified atom stereocenters. The van der Waals surface area contributed by atoms with Gasteiger partial charge in [0.1, 0.15) is 0 Å². The first-order chi connectivity index (χ1) is 5.65. The van der Waals surface area contributed by atoms with Crippen LogP contribution < -0.4 is 0 Å². The molecular weight excluding hydrogens is 227 g/mol. The van der Waals surface area contributed by atoms with E-state index in [2.05, 4.69) is 20.9 Å². The third-order valence-electron chi connectivity index (χ3n) is 1.59. The van der Waals surface area contributed by atoms with Crippen LogP contribution in [0, 0.1) is 0 Å². The molecule has 0 saturated carbocycles. The van der Waals surface area contributed by atoms with Crippen molar-refractivity contribution in [2.75, 3.05) is 14.2 Å². The maximum atomic E-state index is 13.2. The Hall–Kier alpha value is -0.420. The van der Waals surface area contributed by atoms with Crippen LogP contribution in [0.3, 0.4) is 0 Å². The van der Waals surface area contributed by atoms with Gasteiger partial charge in [-0.05, 0) is 0 Å². The molecule has 0 aromatic rings. The minimum absolute atomic E-state index is 0.306. The molecule has 0 saturated heterocycles.